The largest absolute Gasteiger partial charge is 0.450 e. The van der Waals surface area contributed by atoms with Crippen LogP contribution in [0.1, 0.15) is 12.5 Å². The van der Waals surface area contributed by atoms with E-state index in [0.717, 1.165) is 35.4 Å². The van der Waals surface area contributed by atoms with Gasteiger partial charge in [-0.1, -0.05) is 0 Å². The number of aromatic nitrogens is 1. The Balaban J connectivity index is 0.00000280. The van der Waals surface area contributed by atoms with Gasteiger partial charge in [-0.2, -0.15) is 0 Å². The number of hydrogen-bond donors (Lipinski definition) is 2. The second-order valence-electron chi connectivity index (χ2n) is 6.40. The highest BCUT2D eigenvalue weighted by Crippen LogP contribution is 2.19. The van der Waals surface area contributed by atoms with Gasteiger partial charge in [-0.3, -0.25) is 4.99 Å². The Labute approximate surface area is 181 Å². The van der Waals surface area contributed by atoms with Crippen LogP contribution >= 0.6 is 24.0 Å². The topological polar surface area (TPSA) is 73.0 Å². The van der Waals surface area contributed by atoms with E-state index in [2.05, 4.69) is 20.2 Å². The molecule has 0 saturated carbocycles. The summed E-state index contributed by atoms with van der Waals surface area (Å²) in [7, 11) is 1.76. The number of nitrogens with one attached hydrogen (secondary N) is 2. The van der Waals surface area contributed by atoms with E-state index in [9.17, 15) is 9.18 Å². The first-order valence-electron chi connectivity index (χ1n) is 9.25. The van der Waals surface area contributed by atoms with E-state index in [-0.39, 0.29) is 35.9 Å². The van der Waals surface area contributed by atoms with E-state index in [1.807, 2.05) is 13.1 Å². The molecule has 0 aliphatic carbocycles. The van der Waals surface area contributed by atoms with Crippen molar-refractivity contribution in [3.63, 3.8) is 0 Å². The molecule has 2 heterocycles. The number of aromatic amines is 1. The van der Waals surface area contributed by atoms with Crippen LogP contribution in [0.3, 0.4) is 0 Å². The Kier molecular flexibility index (Phi) is 8.34. The normalized spacial score (nSPS) is 14.8. The first-order valence-corrected chi connectivity index (χ1v) is 9.25. The molecule has 0 unspecified atom stereocenters. The van der Waals surface area contributed by atoms with Crippen molar-refractivity contribution in [1.29, 1.82) is 0 Å². The van der Waals surface area contributed by atoms with E-state index in [1.54, 1.807) is 18.0 Å². The maximum Gasteiger partial charge on any atom is 0.409 e. The second kappa shape index (κ2) is 10.5. The van der Waals surface area contributed by atoms with Crippen molar-refractivity contribution < 1.29 is 13.9 Å². The lowest BCUT2D eigenvalue weighted by Crippen LogP contribution is -2.54. The second-order valence-corrected chi connectivity index (χ2v) is 6.40. The minimum Gasteiger partial charge on any atom is -0.450 e. The molecule has 0 spiro atoms. The van der Waals surface area contributed by atoms with Crippen molar-refractivity contribution in [1.82, 2.24) is 20.1 Å². The molecule has 0 radical (unpaired) electrons. The number of piperazine rings is 1. The van der Waals surface area contributed by atoms with Crippen molar-refractivity contribution >= 4 is 46.9 Å². The predicted molar refractivity (Wildman–Crippen MR) is 119 cm³/mol. The summed E-state index contributed by atoms with van der Waals surface area (Å²) in [5, 5.41) is 4.41. The Hall–Kier alpha value is -2.04. The number of halogens is 2. The van der Waals surface area contributed by atoms with Crippen LogP contribution in [-0.2, 0) is 11.2 Å². The Bertz CT molecular complexity index is 818. The lowest BCUT2D eigenvalue weighted by Gasteiger charge is -2.35. The van der Waals surface area contributed by atoms with E-state index >= 15 is 0 Å². The SMILES string of the molecule is CCOC(=O)N1CCN(C(=NC)NCCc2c[nH]c3cc(F)ccc23)CC1.I. The third-order valence-electron chi connectivity index (χ3n) is 4.72. The van der Waals surface area contributed by atoms with Crippen molar-refractivity contribution in [2.75, 3.05) is 46.4 Å². The molecule has 0 bridgehead atoms. The molecule has 154 valence electrons. The monoisotopic (exact) mass is 503 g/mol. The van der Waals surface area contributed by atoms with Gasteiger partial charge in [-0.15, -0.1) is 24.0 Å². The van der Waals surface area contributed by atoms with E-state index in [0.29, 0.717) is 32.8 Å². The number of H-pyrrole nitrogens is 1. The third-order valence-corrected chi connectivity index (χ3v) is 4.72. The fourth-order valence-corrected chi connectivity index (χ4v) is 3.32. The highest BCUT2D eigenvalue weighted by atomic mass is 127. The average molecular weight is 503 g/mol. The van der Waals surface area contributed by atoms with Crippen LogP contribution in [-0.4, -0.2) is 73.2 Å². The smallest absolute Gasteiger partial charge is 0.409 e. The van der Waals surface area contributed by atoms with Crippen LogP contribution in [0.4, 0.5) is 9.18 Å². The Morgan fingerprint density at radius 3 is 2.68 bits per heavy atom. The van der Waals surface area contributed by atoms with Gasteiger partial charge in [-0.05, 0) is 37.1 Å². The van der Waals surface area contributed by atoms with Gasteiger partial charge in [0.2, 0.25) is 0 Å². The lowest BCUT2D eigenvalue weighted by molar-refractivity contribution is 0.0915. The molecule has 0 atom stereocenters. The molecule has 1 saturated heterocycles. The summed E-state index contributed by atoms with van der Waals surface area (Å²) in [5.41, 5.74) is 1.95. The molecule has 3 rings (SSSR count). The zero-order chi connectivity index (χ0) is 19.2. The number of amides is 1. The average Bonchev–Trinajstić information content (AvgIpc) is 3.07. The van der Waals surface area contributed by atoms with E-state index in [4.69, 9.17) is 4.74 Å². The lowest BCUT2D eigenvalue weighted by atomic mass is 10.1. The molecule has 1 aromatic carbocycles. The van der Waals surface area contributed by atoms with Crippen molar-refractivity contribution in [3.05, 3.63) is 35.8 Å². The van der Waals surface area contributed by atoms with Crippen LogP contribution in [0.2, 0.25) is 0 Å². The predicted octanol–water partition coefficient (Wildman–Crippen LogP) is 2.82. The molecular formula is C19H27FIN5O2. The van der Waals surface area contributed by atoms with E-state index in [1.165, 1.54) is 12.1 Å². The van der Waals surface area contributed by atoms with Crippen LogP contribution in [0.15, 0.2) is 29.4 Å². The van der Waals surface area contributed by atoms with Gasteiger partial charge in [0.15, 0.2) is 5.96 Å². The zero-order valence-electron chi connectivity index (χ0n) is 16.2. The van der Waals surface area contributed by atoms with E-state index < -0.39 is 0 Å². The number of hydrogen-bond acceptors (Lipinski definition) is 3. The molecule has 7 nitrogen and oxygen atoms in total. The van der Waals surface area contributed by atoms with Crippen molar-refractivity contribution in [2.24, 2.45) is 4.99 Å². The highest BCUT2D eigenvalue weighted by molar-refractivity contribution is 14.0. The van der Waals surface area contributed by atoms with Gasteiger partial charge < -0.3 is 24.8 Å². The molecule has 1 fully saturated rings. The standard InChI is InChI=1S/C19H26FN5O2.HI/c1-3-27-19(26)25-10-8-24(9-11-25)18(21-2)22-7-6-14-13-23-17-12-15(20)4-5-16(14)17;/h4-5,12-13,23H,3,6-11H2,1-2H3,(H,21,22);1H. The first-order chi connectivity index (χ1) is 13.1. The summed E-state index contributed by atoms with van der Waals surface area (Å²) in [4.78, 5) is 23.1. The molecule has 2 N–H and O–H groups in total. The van der Waals surface area contributed by atoms with Gasteiger partial charge in [0.05, 0.1) is 6.61 Å². The quantitative estimate of drug-likeness (QED) is 0.383. The van der Waals surface area contributed by atoms with Gasteiger partial charge >= 0.3 is 6.09 Å². The minimum atomic E-state index is -0.254. The van der Waals surface area contributed by atoms with Gasteiger partial charge in [0, 0.05) is 56.9 Å². The summed E-state index contributed by atoms with van der Waals surface area (Å²) < 4.78 is 18.3. The molecular weight excluding hydrogens is 476 g/mol. The molecule has 2 aromatic rings. The summed E-state index contributed by atoms with van der Waals surface area (Å²) in [6.45, 7) is 5.58. The van der Waals surface area contributed by atoms with Crippen LogP contribution in [0.5, 0.6) is 0 Å². The number of aliphatic imine (C=N–C) groups is 1. The summed E-state index contributed by atoms with van der Waals surface area (Å²) in [6, 6.07) is 4.79. The number of ether oxygens (including phenoxy) is 1. The molecule has 9 heteroatoms. The molecule has 1 aromatic heterocycles. The molecule has 1 aliphatic rings. The van der Waals surface area contributed by atoms with Crippen LogP contribution < -0.4 is 5.32 Å². The van der Waals surface area contributed by atoms with Gasteiger partial charge in [0.1, 0.15) is 5.82 Å². The number of fused-ring (bicyclic) bond motifs is 1. The number of carbonyl (C=O) groups excluding carboxylic acids is 1. The summed E-state index contributed by atoms with van der Waals surface area (Å²) in [5.74, 6) is 0.584. The van der Waals surface area contributed by atoms with Crippen molar-refractivity contribution in [2.45, 2.75) is 13.3 Å². The number of carbonyl (C=O) groups is 1. The number of guanidine groups is 1. The fraction of sp³-hybridized carbons (Fsp3) is 0.474. The number of benzene rings is 1. The van der Waals surface area contributed by atoms with Gasteiger partial charge in [0.25, 0.3) is 0 Å². The first kappa shape index (κ1) is 22.3. The van der Waals surface area contributed by atoms with Crippen LogP contribution in [0.25, 0.3) is 10.9 Å². The summed E-state index contributed by atoms with van der Waals surface area (Å²) >= 11 is 0. The Morgan fingerprint density at radius 2 is 2.00 bits per heavy atom. The van der Waals surface area contributed by atoms with Gasteiger partial charge in [-0.25, -0.2) is 9.18 Å². The molecule has 28 heavy (non-hydrogen) atoms. The van der Waals surface area contributed by atoms with Crippen LogP contribution in [0, 0.1) is 5.82 Å². The number of rotatable bonds is 4. The molecule has 1 aliphatic heterocycles. The fourth-order valence-electron chi connectivity index (χ4n) is 3.32. The highest BCUT2D eigenvalue weighted by Gasteiger charge is 2.23. The maximum atomic E-state index is 13.3. The van der Waals surface area contributed by atoms with Crippen molar-refractivity contribution in [3.8, 4) is 0 Å². The minimum absolute atomic E-state index is 0. The maximum absolute atomic E-state index is 13.3. The molecule has 1 amide bonds. The zero-order valence-corrected chi connectivity index (χ0v) is 18.5. The summed E-state index contributed by atoms with van der Waals surface area (Å²) in [6.07, 6.45) is 2.47. The number of nitrogens with zero attached hydrogens (tertiary/aromatic N) is 3. The third kappa shape index (κ3) is 5.27. The Morgan fingerprint density at radius 1 is 1.29 bits per heavy atom.